The molecule has 0 radical (unpaired) electrons. The summed E-state index contributed by atoms with van der Waals surface area (Å²) in [7, 11) is 1.67. The molecule has 0 aromatic heterocycles. The van der Waals surface area contributed by atoms with Crippen molar-refractivity contribution in [2.45, 2.75) is 4.90 Å². The van der Waals surface area contributed by atoms with Crippen LogP contribution in [0, 0.1) is 0 Å². The first-order valence-corrected chi connectivity index (χ1v) is 5.18. The normalized spacial score (nSPS) is 10.0. The first-order valence-electron chi connectivity index (χ1n) is 4.73. The second-order valence-electron chi connectivity index (χ2n) is 3.25. The molecular formula is C13H12OS. The topological polar surface area (TPSA) is 9.23 Å². The first-order chi connectivity index (χ1) is 7.31. The fraction of sp³-hybridized carbons (Fsp3) is 0.0769. The predicted molar refractivity (Wildman–Crippen MR) is 65.7 cm³/mol. The van der Waals surface area contributed by atoms with Gasteiger partial charge in [-0.1, -0.05) is 30.3 Å². The molecule has 2 rings (SSSR count). The molecule has 0 saturated heterocycles. The lowest BCUT2D eigenvalue weighted by Gasteiger charge is -2.06. The van der Waals surface area contributed by atoms with Crippen LogP contribution in [-0.4, -0.2) is 7.11 Å². The van der Waals surface area contributed by atoms with Crippen molar-refractivity contribution in [2.24, 2.45) is 0 Å². The van der Waals surface area contributed by atoms with Gasteiger partial charge in [0.15, 0.2) is 0 Å². The Labute approximate surface area is 95.1 Å². The van der Waals surface area contributed by atoms with Crippen molar-refractivity contribution in [1.29, 1.82) is 0 Å². The van der Waals surface area contributed by atoms with E-state index in [9.17, 15) is 0 Å². The Kier molecular flexibility index (Phi) is 2.97. The molecule has 0 bridgehead atoms. The second kappa shape index (κ2) is 4.41. The molecule has 1 nitrogen and oxygen atoms in total. The lowest BCUT2D eigenvalue weighted by atomic mass is 10.1. The highest BCUT2D eigenvalue weighted by Crippen LogP contribution is 2.28. The largest absolute Gasteiger partial charge is 0.497 e. The number of benzene rings is 2. The molecule has 0 spiro atoms. The molecule has 15 heavy (non-hydrogen) atoms. The lowest BCUT2D eigenvalue weighted by molar-refractivity contribution is 0.415. The molecule has 0 unspecified atom stereocenters. The summed E-state index contributed by atoms with van der Waals surface area (Å²) in [5, 5.41) is 0. The van der Waals surface area contributed by atoms with Gasteiger partial charge in [0, 0.05) is 4.90 Å². The zero-order valence-electron chi connectivity index (χ0n) is 8.47. The van der Waals surface area contributed by atoms with Crippen LogP contribution in [0.5, 0.6) is 5.75 Å². The highest BCUT2D eigenvalue weighted by atomic mass is 32.1. The molecule has 2 heteroatoms. The van der Waals surface area contributed by atoms with Gasteiger partial charge in [0.2, 0.25) is 0 Å². The van der Waals surface area contributed by atoms with E-state index in [1.807, 2.05) is 36.4 Å². The minimum atomic E-state index is 0.865. The van der Waals surface area contributed by atoms with E-state index in [4.69, 9.17) is 4.74 Å². The number of hydrogen-bond acceptors (Lipinski definition) is 2. The summed E-state index contributed by atoms with van der Waals surface area (Å²) in [6, 6.07) is 16.0. The van der Waals surface area contributed by atoms with E-state index in [0.717, 1.165) is 21.8 Å². The maximum absolute atomic E-state index is 5.19. The van der Waals surface area contributed by atoms with Crippen LogP contribution in [0.3, 0.4) is 0 Å². The van der Waals surface area contributed by atoms with Gasteiger partial charge in [0.25, 0.3) is 0 Å². The molecule has 0 amide bonds. The molecule has 2 aromatic rings. The number of hydrogen-bond donors (Lipinski definition) is 1. The van der Waals surface area contributed by atoms with Gasteiger partial charge >= 0.3 is 0 Å². The van der Waals surface area contributed by atoms with E-state index in [1.54, 1.807) is 7.11 Å². The minimum Gasteiger partial charge on any atom is -0.497 e. The van der Waals surface area contributed by atoms with Crippen molar-refractivity contribution in [3.63, 3.8) is 0 Å². The van der Waals surface area contributed by atoms with Crippen LogP contribution >= 0.6 is 12.6 Å². The average molecular weight is 216 g/mol. The van der Waals surface area contributed by atoms with Gasteiger partial charge in [-0.3, -0.25) is 0 Å². The maximum atomic E-state index is 5.19. The smallest absolute Gasteiger partial charge is 0.119 e. The number of ether oxygens (including phenoxy) is 1. The standard InChI is InChI=1S/C13H12OS/c1-14-11-6-4-5-10(9-11)12-7-2-3-8-13(12)15/h2-9,15H,1H3. The van der Waals surface area contributed by atoms with Gasteiger partial charge in [-0.2, -0.15) is 0 Å². The molecule has 0 fully saturated rings. The van der Waals surface area contributed by atoms with Crippen molar-refractivity contribution < 1.29 is 4.74 Å². The molecule has 0 saturated carbocycles. The third-order valence-corrected chi connectivity index (χ3v) is 2.67. The van der Waals surface area contributed by atoms with Gasteiger partial charge in [0.1, 0.15) is 5.75 Å². The van der Waals surface area contributed by atoms with Gasteiger partial charge in [-0.05, 0) is 29.3 Å². The van der Waals surface area contributed by atoms with Crippen LogP contribution in [0.2, 0.25) is 0 Å². The van der Waals surface area contributed by atoms with Crippen LogP contribution in [0.15, 0.2) is 53.4 Å². The van der Waals surface area contributed by atoms with Crippen molar-refractivity contribution in [1.82, 2.24) is 0 Å². The van der Waals surface area contributed by atoms with E-state index in [2.05, 4.69) is 24.8 Å². The van der Waals surface area contributed by atoms with Gasteiger partial charge in [-0.25, -0.2) is 0 Å². The molecule has 0 aliphatic heterocycles. The predicted octanol–water partition coefficient (Wildman–Crippen LogP) is 3.65. The van der Waals surface area contributed by atoms with Gasteiger partial charge < -0.3 is 4.74 Å². The summed E-state index contributed by atoms with van der Waals surface area (Å²) >= 11 is 4.43. The van der Waals surface area contributed by atoms with Crippen LogP contribution in [0.4, 0.5) is 0 Å². The fourth-order valence-corrected chi connectivity index (χ4v) is 1.80. The SMILES string of the molecule is COc1cccc(-c2ccccc2S)c1. The number of rotatable bonds is 2. The van der Waals surface area contributed by atoms with E-state index in [1.165, 1.54) is 0 Å². The Morgan fingerprint density at radius 1 is 1.00 bits per heavy atom. The average Bonchev–Trinajstić information content (AvgIpc) is 2.30. The molecule has 0 aliphatic carbocycles. The summed E-state index contributed by atoms with van der Waals surface area (Å²) in [5.41, 5.74) is 2.25. The highest BCUT2D eigenvalue weighted by molar-refractivity contribution is 7.80. The summed E-state index contributed by atoms with van der Waals surface area (Å²) in [5.74, 6) is 0.865. The Balaban J connectivity index is 2.49. The second-order valence-corrected chi connectivity index (χ2v) is 3.73. The van der Waals surface area contributed by atoms with Crippen LogP contribution in [0.25, 0.3) is 11.1 Å². The molecule has 0 aliphatic rings. The van der Waals surface area contributed by atoms with Crippen molar-refractivity contribution >= 4 is 12.6 Å². The fourth-order valence-electron chi connectivity index (χ4n) is 1.51. The lowest BCUT2D eigenvalue weighted by Crippen LogP contribution is -1.84. The summed E-state index contributed by atoms with van der Waals surface area (Å²) < 4.78 is 5.19. The summed E-state index contributed by atoms with van der Waals surface area (Å²) in [6.07, 6.45) is 0. The van der Waals surface area contributed by atoms with E-state index < -0.39 is 0 Å². The molecule has 0 atom stereocenters. The zero-order chi connectivity index (χ0) is 10.7. The number of methoxy groups -OCH3 is 1. The van der Waals surface area contributed by atoms with Crippen LogP contribution < -0.4 is 4.74 Å². The molecule has 2 aromatic carbocycles. The van der Waals surface area contributed by atoms with Crippen LogP contribution in [0.1, 0.15) is 0 Å². The molecule has 76 valence electrons. The number of thiol groups is 1. The van der Waals surface area contributed by atoms with Gasteiger partial charge in [0.05, 0.1) is 7.11 Å². The maximum Gasteiger partial charge on any atom is 0.119 e. The highest BCUT2D eigenvalue weighted by Gasteiger charge is 2.01. The zero-order valence-corrected chi connectivity index (χ0v) is 9.37. The summed E-state index contributed by atoms with van der Waals surface area (Å²) in [4.78, 5) is 0.978. The quantitative estimate of drug-likeness (QED) is 0.754. The molecule has 0 N–H and O–H groups in total. The van der Waals surface area contributed by atoms with Crippen molar-refractivity contribution in [2.75, 3.05) is 7.11 Å². The Morgan fingerprint density at radius 2 is 1.80 bits per heavy atom. The Bertz CT molecular complexity index is 466. The van der Waals surface area contributed by atoms with Crippen molar-refractivity contribution in [3.05, 3.63) is 48.5 Å². The van der Waals surface area contributed by atoms with E-state index >= 15 is 0 Å². The monoisotopic (exact) mass is 216 g/mol. The van der Waals surface area contributed by atoms with Crippen LogP contribution in [-0.2, 0) is 0 Å². The minimum absolute atomic E-state index is 0.865. The van der Waals surface area contributed by atoms with Gasteiger partial charge in [-0.15, -0.1) is 12.6 Å². The third-order valence-electron chi connectivity index (χ3n) is 2.28. The Morgan fingerprint density at radius 3 is 2.53 bits per heavy atom. The van der Waals surface area contributed by atoms with E-state index in [-0.39, 0.29) is 0 Å². The first kappa shape index (κ1) is 10.1. The molecular weight excluding hydrogens is 204 g/mol. The van der Waals surface area contributed by atoms with Crippen molar-refractivity contribution in [3.8, 4) is 16.9 Å². The summed E-state index contributed by atoms with van der Waals surface area (Å²) in [6.45, 7) is 0. The third kappa shape index (κ3) is 2.16. The Hall–Kier alpha value is -1.41. The van der Waals surface area contributed by atoms with E-state index in [0.29, 0.717) is 0 Å². The molecule has 0 heterocycles.